The summed E-state index contributed by atoms with van der Waals surface area (Å²) in [7, 11) is 2.20. The molecule has 6 heteroatoms. The number of carbonyl (C=O) groups excluding carboxylic acids is 1. The Hall–Kier alpha value is -1.98. The normalized spacial score (nSPS) is 26.1. The Morgan fingerprint density at radius 3 is 2.73 bits per heavy atom. The molecule has 2 atom stereocenters. The van der Waals surface area contributed by atoms with Gasteiger partial charge in [0.25, 0.3) is 5.91 Å². The fourth-order valence-electron chi connectivity index (χ4n) is 6.01. The number of fused-ring (bicyclic) bond motifs is 2. The molecule has 0 spiro atoms. The number of hydrogen-bond donors (Lipinski definition) is 2. The Bertz CT molecular complexity index is 950. The smallest absolute Gasteiger partial charge is 0.270 e. The predicted molar refractivity (Wildman–Crippen MR) is 121 cm³/mol. The number of carbonyl (C=O) groups is 1. The number of phenols is 1. The number of aromatic hydroxyl groups is 1. The lowest BCUT2D eigenvalue weighted by molar-refractivity contribution is 0.0786. The van der Waals surface area contributed by atoms with Crippen molar-refractivity contribution in [1.82, 2.24) is 14.8 Å². The molecule has 5 nitrogen and oxygen atoms in total. The lowest BCUT2D eigenvalue weighted by atomic mass is 9.58. The largest absolute Gasteiger partial charge is 0.508 e. The standard InChI is InChI=1S/C24H31N3O2.ClH/c1-16-20-13-18-15-26(2)11-8-24(18,17-6-5-7-19(28)12-17)14-21(20)25-22(16)23(29)27-9-3-4-10-27;/h5-7,12,18,25,28H,3-4,8-11,13-15H2,1-2H3;1H. The second-order valence-electron chi connectivity index (χ2n) is 9.38. The maximum atomic E-state index is 13.1. The number of H-pyrrole nitrogens is 1. The van der Waals surface area contributed by atoms with Crippen molar-refractivity contribution in [2.45, 2.75) is 44.4 Å². The molecular weight excluding hydrogens is 398 g/mol. The predicted octanol–water partition coefficient (Wildman–Crippen LogP) is 3.67. The van der Waals surface area contributed by atoms with Gasteiger partial charge >= 0.3 is 0 Å². The number of hydrogen-bond acceptors (Lipinski definition) is 3. The van der Waals surface area contributed by atoms with Crippen LogP contribution >= 0.6 is 12.4 Å². The first-order valence-corrected chi connectivity index (χ1v) is 11.0. The minimum atomic E-state index is 0. The number of aromatic nitrogens is 1. The van der Waals surface area contributed by atoms with Crippen LogP contribution in [-0.4, -0.2) is 59.0 Å². The number of phenolic OH excluding ortho intramolecular Hbond substituents is 1. The highest BCUT2D eigenvalue weighted by molar-refractivity contribution is 5.94. The van der Waals surface area contributed by atoms with E-state index in [1.807, 2.05) is 17.0 Å². The Morgan fingerprint density at radius 2 is 2.00 bits per heavy atom. The molecular formula is C24H32ClN3O2. The van der Waals surface area contributed by atoms with Gasteiger partial charge in [-0.25, -0.2) is 0 Å². The SMILES string of the molecule is Cc1c(C(=O)N2CCCC2)[nH]c2c1CC1CN(C)CCC1(c1cccc(O)c1)C2.Cl. The zero-order valence-corrected chi connectivity index (χ0v) is 18.7. The molecule has 1 aromatic heterocycles. The summed E-state index contributed by atoms with van der Waals surface area (Å²) in [5.74, 6) is 0.994. The average molecular weight is 430 g/mol. The van der Waals surface area contributed by atoms with Gasteiger partial charge in [0, 0.05) is 30.7 Å². The van der Waals surface area contributed by atoms with Gasteiger partial charge in [-0.15, -0.1) is 12.4 Å². The first-order chi connectivity index (χ1) is 14.0. The van der Waals surface area contributed by atoms with E-state index in [0.29, 0.717) is 11.7 Å². The Balaban J connectivity index is 0.00000218. The van der Waals surface area contributed by atoms with Crippen molar-refractivity contribution in [2.24, 2.45) is 5.92 Å². The molecule has 0 radical (unpaired) electrons. The molecule has 30 heavy (non-hydrogen) atoms. The van der Waals surface area contributed by atoms with Gasteiger partial charge in [0.05, 0.1) is 0 Å². The number of rotatable bonds is 2. The summed E-state index contributed by atoms with van der Waals surface area (Å²) in [6.45, 7) is 5.98. The molecule has 0 saturated carbocycles. The number of likely N-dealkylation sites (tertiary alicyclic amines) is 2. The molecule has 1 aromatic carbocycles. The number of nitrogens with one attached hydrogen (secondary N) is 1. The first-order valence-electron chi connectivity index (χ1n) is 11.0. The van der Waals surface area contributed by atoms with Gasteiger partial charge in [0.2, 0.25) is 0 Å². The highest BCUT2D eigenvalue weighted by Crippen LogP contribution is 2.49. The monoisotopic (exact) mass is 429 g/mol. The molecule has 3 aliphatic rings. The van der Waals surface area contributed by atoms with Crippen LogP contribution in [0, 0.1) is 12.8 Å². The van der Waals surface area contributed by atoms with Gasteiger partial charge < -0.3 is 19.9 Å². The van der Waals surface area contributed by atoms with Crippen molar-refractivity contribution in [2.75, 3.05) is 33.2 Å². The van der Waals surface area contributed by atoms with E-state index in [1.54, 1.807) is 6.07 Å². The maximum absolute atomic E-state index is 13.1. The lowest BCUT2D eigenvalue weighted by Gasteiger charge is -2.50. The van der Waals surface area contributed by atoms with Gasteiger partial charge in [-0.1, -0.05) is 12.1 Å². The van der Waals surface area contributed by atoms with Gasteiger partial charge in [-0.2, -0.15) is 0 Å². The van der Waals surface area contributed by atoms with Crippen LogP contribution < -0.4 is 0 Å². The lowest BCUT2D eigenvalue weighted by Crippen LogP contribution is -2.52. The molecule has 162 valence electrons. The van der Waals surface area contributed by atoms with E-state index < -0.39 is 0 Å². The zero-order chi connectivity index (χ0) is 20.2. The highest BCUT2D eigenvalue weighted by atomic mass is 35.5. The molecule has 1 amide bonds. The molecule has 3 heterocycles. The van der Waals surface area contributed by atoms with Crippen molar-refractivity contribution < 1.29 is 9.90 Å². The quantitative estimate of drug-likeness (QED) is 0.765. The van der Waals surface area contributed by atoms with E-state index in [0.717, 1.165) is 69.5 Å². The van der Waals surface area contributed by atoms with Gasteiger partial charge in [0.15, 0.2) is 0 Å². The summed E-state index contributed by atoms with van der Waals surface area (Å²) in [5, 5.41) is 10.2. The van der Waals surface area contributed by atoms with Gasteiger partial charge in [-0.3, -0.25) is 4.79 Å². The molecule has 5 rings (SSSR count). The number of aromatic amines is 1. The number of halogens is 1. The van der Waals surface area contributed by atoms with Crippen molar-refractivity contribution in [3.63, 3.8) is 0 Å². The minimum Gasteiger partial charge on any atom is -0.508 e. The van der Waals surface area contributed by atoms with Crippen molar-refractivity contribution in [1.29, 1.82) is 0 Å². The second-order valence-corrected chi connectivity index (χ2v) is 9.38. The van der Waals surface area contributed by atoms with Gasteiger partial charge in [0.1, 0.15) is 11.4 Å². The Morgan fingerprint density at radius 1 is 1.23 bits per heavy atom. The van der Waals surface area contributed by atoms with Crippen LogP contribution in [0.25, 0.3) is 0 Å². The van der Waals surface area contributed by atoms with E-state index in [1.165, 1.54) is 16.8 Å². The summed E-state index contributed by atoms with van der Waals surface area (Å²) >= 11 is 0. The molecule has 2 aromatic rings. The molecule has 2 fully saturated rings. The molecule has 0 bridgehead atoms. The van der Waals surface area contributed by atoms with Crippen LogP contribution in [0.4, 0.5) is 0 Å². The zero-order valence-electron chi connectivity index (χ0n) is 17.9. The Labute approximate surface area is 184 Å². The van der Waals surface area contributed by atoms with Crippen molar-refractivity contribution in [3.05, 3.63) is 52.3 Å². The van der Waals surface area contributed by atoms with Crippen LogP contribution in [0.2, 0.25) is 0 Å². The van der Waals surface area contributed by atoms with E-state index >= 15 is 0 Å². The number of amides is 1. The summed E-state index contributed by atoms with van der Waals surface area (Å²) < 4.78 is 0. The number of piperidine rings is 1. The highest BCUT2D eigenvalue weighted by Gasteiger charge is 2.48. The van der Waals surface area contributed by atoms with Crippen LogP contribution in [0.1, 0.15) is 52.1 Å². The fraction of sp³-hybridized carbons (Fsp3) is 0.542. The van der Waals surface area contributed by atoms with E-state index in [2.05, 4.69) is 29.9 Å². The minimum absolute atomic E-state index is 0. The third-order valence-corrected chi connectivity index (χ3v) is 7.69. The first kappa shape index (κ1) is 21.3. The summed E-state index contributed by atoms with van der Waals surface area (Å²) in [5.41, 5.74) is 5.78. The Kier molecular flexibility index (Phi) is 5.62. The van der Waals surface area contributed by atoms with E-state index in [-0.39, 0.29) is 23.7 Å². The van der Waals surface area contributed by atoms with Crippen molar-refractivity contribution >= 4 is 18.3 Å². The number of benzene rings is 1. The third kappa shape index (κ3) is 3.32. The fourth-order valence-corrected chi connectivity index (χ4v) is 6.01. The summed E-state index contributed by atoms with van der Waals surface area (Å²) in [6, 6.07) is 7.85. The maximum Gasteiger partial charge on any atom is 0.270 e. The van der Waals surface area contributed by atoms with E-state index in [9.17, 15) is 9.90 Å². The van der Waals surface area contributed by atoms with E-state index in [4.69, 9.17) is 0 Å². The number of nitrogens with zero attached hydrogens (tertiary/aromatic N) is 2. The van der Waals surface area contributed by atoms with Crippen LogP contribution in [0.15, 0.2) is 24.3 Å². The second kappa shape index (κ2) is 7.93. The topological polar surface area (TPSA) is 59.6 Å². The van der Waals surface area contributed by atoms with Crippen LogP contribution in [0.3, 0.4) is 0 Å². The molecule has 1 aliphatic carbocycles. The molecule has 2 N–H and O–H groups in total. The van der Waals surface area contributed by atoms with Crippen LogP contribution in [0.5, 0.6) is 5.75 Å². The average Bonchev–Trinajstić information content (AvgIpc) is 3.35. The van der Waals surface area contributed by atoms with Crippen LogP contribution in [-0.2, 0) is 18.3 Å². The third-order valence-electron chi connectivity index (χ3n) is 7.69. The van der Waals surface area contributed by atoms with Crippen molar-refractivity contribution in [3.8, 4) is 5.75 Å². The van der Waals surface area contributed by atoms with Gasteiger partial charge in [-0.05, 0) is 87.4 Å². The molecule has 2 saturated heterocycles. The molecule has 2 aliphatic heterocycles. The molecule has 2 unspecified atom stereocenters. The summed E-state index contributed by atoms with van der Waals surface area (Å²) in [4.78, 5) is 21.1. The summed E-state index contributed by atoms with van der Waals surface area (Å²) in [6.07, 6.45) is 5.20.